The zero-order valence-corrected chi connectivity index (χ0v) is 27.4. The first-order chi connectivity index (χ1) is 21.7. The third-order valence-corrected chi connectivity index (χ3v) is 11.6. The number of likely N-dealkylation sites (tertiary alicyclic amines) is 1. The van der Waals surface area contributed by atoms with Gasteiger partial charge in [0.05, 0.1) is 23.3 Å². The molecular weight excluding hydrogens is 562 g/mol. The second kappa shape index (κ2) is 11.7. The van der Waals surface area contributed by atoms with Crippen molar-refractivity contribution >= 4 is 17.7 Å². The van der Waals surface area contributed by atoms with Gasteiger partial charge >= 0.3 is 5.97 Å². The molecule has 5 aliphatic rings. The molecule has 1 aliphatic heterocycles. The molecule has 1 saturated heterocycles. The molecule has 45 heavy (non-hydrogen) atoms. The fraction of sp³-hybridized carbons (Fsp3) is 0.611. The van der Waals surface area contributed by atoms with Crippen molar-refractivity contribution in [1.29, 1.82) is 0 Å². The number of anilines is 2. The molecule has 4 fully saturated rings. The summed E-state index contributed by atoms with van der Waals surface area (Å²) < 4.78 is 1.89. The topological polar surface area (TPSA) is 99.4 Å². The van der Waals surface area contributed by atoms with Crippen LogP contribution in [-0.4, -0.2) is 68.4 Å². The standard InChI is InChI=1S/C36H49N7O2/c1-5-31(35-21-36(22-35,23-35)33(44)45)42(4)34-39-29-14-13-26(25-11-7-6-8-12-25)16-28(29)32(40-34)38-30(27-17-37-41(3)19-27)20-43-15-9-10-24(2)18-43/h6-8,11-12,17,19,24,26,30-31H,5,9-10,13-16,18,20-23H2,1-4H3,(H,44,45)(H,38,39,40)/t24-,26+,30-,31+,35?,36?/m0/s1. The summed E-state index contributed by atoms with van der Waals surface area (Å²) >= 11 is 0. The van der Waals surface area contributed by atoms with Crippen molar-refractivity contribution in [3.8, 4) is 0 Å². The van der Waals surface area contributed by atoms with Crippen LogP contribution >= 0.6 is 0 Å². The molecule has 2 N–H and O–H groups in total. The number of fused-ring (bicyclic) bond motifs is 1. The smallest absolute Gasteiger partial charge is 0.309 e. The molecule has 0 unspecified atom stereocenters. The summed E-state index contributed by atoms with van der Waals surface area (Å²) in [7, 11) is 4.11. The molecule has 3 aromatic rings. The van der Waals surface area contributed by atoms with Gasteiger partial charge in [0, 0.05) is 50.6 Å². The van der Waals surface area contributed by atoms with E-state index in [0.717, 1.165) is 82.0 Å². The Morgan fingerprint density at radius 3 is 2.62 bits per heavy atom. The molecule has 9 nitrogen and oxygen atoms in total. The van der Waals surface area contributed by atoms with Gasteiger partial charge in [0.25, 0.3) is 0 Å². The fourth-order valence-corrected chi connectivity index (χ4v) is 9.32. The van der Waals surface area contributed by atoms with Crippen molar-refractivity contribution in [2.24, 2.45) is 23.8 Å². The van der Waals surface area contributed by atoms with Gasteiger partial charge in [-0.05, 0) is 87.1 Å². The van der Waals surface area contributed by atoms with E-state index in [1.807, 2.05) is 17.9 Å². The molecule has 4 atom stereocenters. The van der Waals surface area contributed by atoms with Crippen LogP contribution in [0.3, 0.4) is 0 Å². The van der Waals surface area contributed by atoms with E-state index in [1.165, 1.54) is 29.5 Å². The molecule has 0 spiro atoms. The molecule has 3 saturated carbocycles. The highest BCUT2D eigenvalue weighted by molar-refractivity contribution is 5.79. The Labute approximate surface area is 267 Å². The van der Waals surface area contributed by atoms with Crippen LogP contribution in [0.2, 0.25) is 0 Å². The van der Waals surface area contributed by atoms with Gasteiger partial charge in [-0.15, -0.1) is 0 Å². The number of carbonyl (C=O) groups is 1. The number of nitrogens with zero attached hydrogens (tertiary/aromatic N) is 6. The summed E-state index contributed by atoms with van der Waals surface area (Å²) in [6.07, 6.45) is 12.8. The van der Waals surface area contributed by atoms with Gasteiger partial charge in [-0.2, -0.15) is 10.1 Å². The lowest BCUT2D eigenvalue weighted by atomic mass is 9.33. The Kier molecular flexibility index (Phi) is 7.87. The lowest BCUT2D eigenvalue weighted by Gasteiger charge is -2.71. The normalized spacial score (nSPS) is 28.7. The van der Waals surface area contributed by atoms with Gasteiger partial charge < -0.3 is 20.2 Å². The number of piperidine rings is 1. The summed E-state index contributed by atoms with van der Waals surface area (Å²) in [5.41, 5.74) is 4.49. The number of nitrogens with one attached hydrogen (secondary N) is 1. The number of hydrogen-bond donors (Lipinski definition) is 2. The molecule has 8 rings (SSSR count). The van der Waals surface area contributed by atoms with E-state index in [0.29, 0.717) is 11.8 Å². The predicted molar refractivity (Wildman–Crippen MR) is 176 cm³/mol. The molecular formula is C36H49N7O2. The third kappa shape index (κ3) is 5.51. The van der Waals surface area contributed by atoms with Crippen molar-refractivity contribution < 1.29 is 9.90 Å². The van der Waals surface area contributed by atoms with E-state index < -0.39 is 11.4 Å². The number of hydrogen-bond acceptors (Lipinski definition) is 7. The highest BCUT2D eigenvalue weighted by atomic mass is 16.4. The second-order valence-corrected chi connectivity index (χ2v) is 14.8. The molecule has 9 heteroatoms. The Balaban J connectivity index is 1.23. The molecule has 4 aliphatic carbocycles. The number of benzene rings is 1. The van der Waals surface area contributed by atoms with E-state index in [-0.39, 0.29) is 17.5 Å². The SMILES string of the molecule is CC[C@@H](N(C)c1nc2c(c(N[C@@H](CN3CCC[C@H](C)C3)c3cnn(C)c3)n1)C[C@H](c1ccccc1)CC2)C12CC(C(=O)O)(C1)C2. The molecule has 1 aromatic carbocycles. The summed E-state index contributed by atoms with van der Waals surface area (Å²) in [5, 5.41) is 18.3. The zero-order chi connectivity index (χ0) is 31.3. The van der Waals surface area contributed by atoms with Crippen molar-refractivity contribution in [2.75, 3.05) is 36.9 Å². The van der Waals surface area contributed by atoms with Gasteiger partial charge in [-0.1, -0.05) is 44.2 Å². The Bertz CT molecular complexity index is 1520. The highest BCUT2D eigenvalue weighted by Crippen LogP contribution is 2.75. The first-order valence-corrected chi connectivity index (χ1v) is 17.1. The van der Waals surface area contributed by atoms with Crippen molar-refractivity contribution in [2.45, 2.75) is 89.6 Å². The molecule has 0 radical (unpaired) electrons. The maximum absolute atomic E-state index is 11.9. The van der Waals surface area contributed by atoms with E-state index in [9.17, 15) is 9.90 Å². The lowest BCUT2D eigenvalue weighted by Crippen LogP contribution is -2.72. The van der Waals surface area contributed by atoms with Crippen LogP contribution in [0.4, 0.5) is 11.8 Å². The maximum Gasteiger partial charge on any atom is 0.309 e. The first-order valence-electron chi connectivity index (χ1n) is 17.1. The molecule has 2 bridgehead atoms. The summed E-state index contributed by atoms with van der Waals surface area (Å²) in [4.78, 5) is 27.4. The second-order valence-electron chi connectivity index (χ2n) is 14.8. The molecule has 0 amide bonds. The van der Waals surface area contributed by atoms with E-state index in [4.69, 9.17) is 9.97 Å². The number of carboxylic acid groups (broad SMARTS) is 1. The van der Waals surface area contributed by atoms with Gasteiger partial charge in [0.1, 0.15) is 5.82 Å². The lowest BCUT2D eigenvalue weighted by molar-refractivity contribution is -0.230. The average molecular weight is 612 g/mol. The van der Waals surface area contributed by atoms with Crippen LogP contribution in [0.15, 0.2) is 42.7 Å². The van der Waals surface area contributed by atoms with Gasteiger partial charge in [-0.25, -0.2) is 4.98 Å². The van der Waals surface area contributed by atoms with Crippen LogP contribution < -0.4 is 10.2 Å². The van der Waals surface area contributed by atoms with E-state index in [2.05, 4.69) is 77.6 Å². The number of aryl methyl sites for hydroxylation is 2. The van der Waals surface area contributed by atoms with Gasteiger partial charge in [0.2, 0.25) is 5.95 Å². The monoisotopic (exact) mass is 611 g/mol. The van der Waals surface area contributed by atoms with E-state index >= 15 is 0 Å². The first kappa shape index (κ1) is 30.2. The highest BCUT2D eigenvalue weighted by Gasteiger charge is 2.74. The summed E-state index contributed by atoms with van der Waals surface area (Å²) in [6, 6.07) is 11.1. The third-order valence-electron chi connectivity index (χ3n) is 11.6. The summed E-state index contributed by atoms with van der Waals surface area (Å²) in [6.45, 7) is 7.71. The average Bonchev–Trinajstić information content (AvgIpc) is 3.43. The maximum atomic E-state index is 11.9. The Morgan fingerprint density at radius 1 is 1.18 bits per heavy atom. The molecule has 3 heterocycles. The number of carboxylic acids is 1. The van der Waals surface area contributed by atoms with Crippen molar-refractivity contribution in [3.05, 3.63) is 65.1 Å². The van der Waals surface area contributed by atoms with Crippen molar-refractivity contribution in [3.63, 3.8) is 0 Å². The van der Waals surface area contributed by atoms with Gasteiger partial charge in [-0.3, -0.25) is 9.48 Å². The van der Waals surface area contributed by atoms with E-state index in [1.54, 1.807) is 0 Å². The number of aliphatic carboxylic acids is 1. The van der Waals surface area contributed by atoms with Crippen LogP contribution in [0.25, 0.3) is 0 Å². The Hall–Kier alpha value is -3.46. The minimum absolute atomic E-state index is 0.0493. The quantitative estimate of drug-likeness (QED) is 0.279. The minimum Gasteiger partial charge on any atom is -0.481 e. The fourth-order valence-electron chi connectivity index (χ4n) is 9.32. The van der Waals surface area contributed by atoms with Crippen LogP contribution in [0.5, 0.6) is 0 Å². The van der Waals surface area contributed by atoms with Crippen molar-refractivity contribution in [1.82, 2.24) is 24.6 Å². The summed E-state index contributed by atoms with van der Waals surface area (Å²) in [5.74, 6) is 2.21. The Morgan fingerprint density at radius 2 is 1.96 bits per heavy atom. The number of rotatable bonds is 11. The van der Waals surface area contributed by atoms with Gasteiger partial charge in [0.15, 0.2) is 0 Å². The minimum atomic E-state index is -0.629. The molecule has 2 aromatic heterocycles. The number of aromatic nitrogens is 4. The predicted octanol–water partition coefficient (Wildman–Crippen LogP) is 5.84. The van der Waals surface area contributed by atoms with Crippen LogP contribution in [-0.2, 0) is 24.7 Å². The largest absolute Gasteiger partial charge is 0.481 e. The van der Waals surface area contributed by atoms with Crippen LogP contribution in [0, 0.1) is 16.7 Å². The van der Waals surface area contributed by atoms with Crippen LogP contribution in [0.1, 0.15) is 93.1 Å². The molecule has 240 valence electrons. The zero-order valence-electron chi connectivity index (χ0n) is 27.4.